The molecule has 4 nitrogen and oxygen atoms in total. The smallest absolute Gasteiger partial charge is 0.214 e. The Morgan fingerprint density at radius 1 is 0.962 bits per heavy atom. The third-order valence-corrected chi connectivity index (χ3v) is 7.27. The minimum atomic E-state index is -3.19. The predicted octanol–water partition coefficient (Wildman–Crippen LogP) is 3.92. The number of nitrogens with one attached hydrogen (secondary N) is 1. The second kappa shape index (κ2) is 7.25. The van der Waals surface area contributed by atoms with Crippen molar-refractivity contribution in [2.45, 2.75) is 25.2 Å². The van der Waals surface area contributed by atoms with Gasteiger partial charge in [-0.25, -0.2) is 12.7 Å². The van der Waals surface area contributed by atoms with Gasteiger partial charge < -0.3 is 4.98 Å². The molecular formula is C21H24N2O2S. The Morgan fingerprint density at radius 2 is 1.65 bits per heavy atom. The lowest BCUT2D eigenvalue weighted by Crippen LogP contribution is -2.39. The van der Waals surface area contributed by atoms with Crippen LogP contribution < -0.4 is 0 Å². The van der Waals surface area contributed by atoms with Gasteiger partial charge in [-0.2, -0.15) is 0 Å². The van der Waals surface area contributed by atoms with E-state index in [1.807, 2.05) is 36.4 Å². The van der Waals surface area contributed by atoms with Gasteiger partial charge in [0.2, 0.25) is 10.0 Å². The van der Waals surface area contributed by atoms with Crippen LogP contribution in [0.3, 0.4) is 0 Å². The van der Waals surface area contributed by atoms with Crippen LogP contribution in [-0.4, -0.2) is 36.5 Å². The van der Waals surface area contributed by atoms with E-state index in [1.54, 1.807) is 4.31 Å². The SMILES string of the molecule is O=S(=O)(CCc1ccccc1)N1CCC(c2c[nH]c3ccccc23)CC1. The molecule has 1 aliphatic heterocycles. The first kappa shape index (κ1) is 17.3. The predicted molar refractivity (Wildman–Crippen MR) is 106 cm³/mol. The fourth-order valence-corrected chi connectivity index (χ4v) is 5.42. The lowest BCUT2D eigenvalue weighted by atomic mass is 9.90. The van der Waals surface area contributed by atoms with Crippen molar-refractivity contribution in [3.05, 3.63) is 71.9 Å². The first-order valence-corrected chi connectivity index (χ1v) is 10.8. The van der Waals surface area contributed by atoms with Crippen molar-refractivity contribution >= 4 is 20.9 Å². The summed E-state index contributed by atoms with van der Waals surface area (Å²) in [6.07, 6.45) is 4.43. The molecule has 0 saturated carbocycles. The Kier molecular flexibility index (Phi) is 4.83. The Morgan fingerprint density at radius 3 is 2.42 bits per heavy atom. The molecule has 2 heterocycles. The molecule has 4 rings (SSSR count). The number of aromatic nitrogens is 1. The zero-order valence-corrected chi connectivity index (χ0v) is 15.6. The molecule has 1 aliphatic rings. The van der Waals surface area contributed by atoms with E-state index in [1.165, 1.54) is 10.9 Å². The molecule has 0 bridgehead atoms. The Labute approximate surface area is 154 Å². The number of rotatable bonds is 5. The molecular weight excluding hydrogens is 344 g/mol. The molecule has 5 heteroatoms. The zero-order valence-electron chi connectivity index (χ0n) is 14.8. The van der Waals surface area contributed by atoms with Crippen molar-refractivity contribution in [2.75, 3.05) is 18.8 Å². The Hall–Kier alpha value is -2.11. The molecule has 1 fully saturated rings. The second-order valence-corrected chi connectivity index (χ2v) is 9.10. The van der Waals surface area contributed by atoms with E-state index < -0.39 is 10.0 Å². The minimum Gasteiger partial charge on any atom is -0.361 e. The lowest BCUT2D eigenvalue weighted by molar-refractivity contribution is 0.320. The number of fused-ring (bicyclic) bond motifs is 1. The van der Waals surface area contributed by atoms with Gasteiger partial charge in [-0.15, -0.1) is 0 Å². The van der Waals surface area contributed by atoms with Crippen molar-refractivity contribution in [3.63, 3.8) is 0 Å². The average Bonchev–Trinajstić information content (AvgIpc) is 3.12. The van der Waals surface area contributed by atoms with Crippen LogP contribution in [0.25, 0.3) is 10.9 Å². The first-order valence-electron chi connectivity index (χ1n) is 9.21. The molecule has 1 saturated heterocycles. The topological polar surface area (TPSA) is 53.2 Å². The number of aromatic amines is 1. The molecule has 3 aromatic rings. The van der Waals surface area contributed by atoms with Crippen LogP contribution in [0.5, 0.6) is 0 Å². The summed E-state index contributed by atoms with van der Waals surface area (Å²) in [6.45, 7) is 1.22. The molecule has 0 aliphatic carbocycles. The molecule has 1 aromatic heterocycles. The fraction of sp³-hybridized carbons (Fsp3) is 0.333. The molecule has 0 unspecified atom stereocenters. The van der Waals surface area contributed by atoms with E-state index >= 15 is 0 Å². The second-order valence-electron chi connectivity index (χ2n) is 7.01. The highest BCUT2D eigenvalue weighted by molar-refractivity contribution is 7.89. The van der Waals surface area contributed by atoms with Gasteiger partial charge in [0.05, 0.1) is 5.75 Å². The summed E-state index contributed by atoms with van der Waals surface area (Å²) >= 11 is 0. The number of H-pyrrole nitrogens is 1. The highest BCUT2D eigenvalue weighted by Crippen LogP contribution is 2.33. The first-order chi connectivity index (χ1) is 12.6. The van der Waals surface area contributed by atoms with Crippen molar-refractivity contribution in [1.29, 1.82) is 0 Å². The summed E-state index contributed by atoms with van der Waals surface area (Å²) in [7, 11) is -3.19. The van der Waals surface area contributed by atoms with Gasteiger partial charge >= 0.3 is 0 Å². The van der Waals surface area contributed by atoms with Crippen molar-refractivity contribution in [2.24, 2.45) is 0 Å². The van der Waals surface area contributed by atoms with E-state index in [2.05, 4.69) is 29.4 Å². The number of piperidine rings is 1. The maximum Gasteiger partial charge on any atom is 0.214 e. The van der Waals surface area contributed by atoms with Gasteiger partial charge in [-0.1, -0.05) is 48.5 Å². The van der Waals surface area contributed by atoms with E-state index in [-0.39, 0.29) is 5.75 Å². The molecule has 0 amide bonds. The quantitative estimate of drug-likeness (QED) is 0.742. The number of hydrogen-bond donors (Lipinski definition) is 1. The number of nitrogens with zero attached hydrogens (tertiary/aromatic N) is 1. The maximum atomic E-state index is 12.7. The normalized spacial score (nSPS) is 16.9. The molecule has 0 spiro atoms. The number of para-hydroxylation sites is 1. The third kappa shape index (κ3) is 3.55. The monoisotopic (exact) mass is 368 g/mol. The van der Waals surface area contributed by atoms with Crippen LogP contribution >= 0.6 is 0 Å². The molecule has 1 N–H and O–H groups in total. The standard InChI is InChI=1S/C21H24N2O2S/c24-26(25,15-12-17-6-2-1-3-7-17)23-13-10-18(11-14-23)20-16-22-21-9-5-4-8-19(20)21/h1-9,16,18,22H,10-15H2. The van der Waals surface area contributed by atoms with Crippen LogP contribution in [0.1, 0.15) is 29.9 Å². The van der Waals surface area contributed by atoms with E-state index in [0.29, 0.717) is 25.4 Å². The number of aryl methyl sites for hydroxylation is 1. The van der Waals surface area contributed by atoms with E-state index in [0.717, 1.165) is 23.9 Å². The highest BCUT2D eigenvalue weighted by Gasteiger charge is 2.29. The summed E-state index contributed by atoms with van der Waals surface area (Å²) in [4.78, 5) is 3.33. The number of benzene rings is 2. The molecule has 136 valence electrons. The van der Waals surface area contributed by atoms with Gasteiger partial charge in [0.1, 0.15) is 0 Å². The minimum absolute atomic E-state index is 0.189. The summed E-state index contributed by atoms with van der Waals surface area (Å²) in [6, 6.07) is 18.1. The summed E-state index contributed by atoms with van der Waals surface area (Å²) in [5, 5.41) is 1.26. The largest absolute Gasteiger partial charge is 0.361 e. The maximum absolute atomic E-state index is 12.7. The molecule has 26 heavy (non-hydrogen) atoms. The Bertz CT molecular complexity index is 971. The van der Waals surface area contributed by atoms with Crippen molar-refractivity contribution < 1.29 is 8.42 Å². The molecule has 0 atom stereocenters. The fourth-order valence-electron chi connectivity index (χ4n) is 3.90. The third-order valence-electron chi connectivity index (χ3n) is 5.40. The van der Waals surface area contributed by atoms with Gasteiger partial charge in [-0.3, -0.25) is 0 Å². The molecule has 2 aromatic carbocycles. The summed E-state index contributed by atoms with van der Waals surface area (Å²) < 4.78 is 27.1. The number of hydrogen-bond acceptors (Lipinski definition) is 2. The van der Waals surface area contributed by atoms with E-state index in [9.17, 15) is 8.42 Å². The Balaban J connectivity index is 1.39. The van der Waals surface area contributed by atoms with Gasteiger partial charge in [0.15, 0.2) is 0 Å². The van der Waals surface area contributed by atoms with Crippen LogP contribution in [0, 0.1) is 0 Å². The highest BCUT2D eigenvalue weighted by atomic mass is 32.2. The average molecular weight is 369 g/mol. The van der Waals surface area contributed by atoms with Gasteiger partial charge in [0, 0.05) is 30.2 Å². The zero-order chi connectivity index (χ0) is 18.0. The van der Waals surface area contributed by atoms with Crippen LogP contribution in [0.15, 0.2) is 60.8 Å². The van der Waals surface area contributed by atoms with E-state index in [4.69, 9.17) is 0 Å². The van der Waals surface area contributed by atoms with Crippen LogP contribution in [0.4, 0.5) is 0 Å². The van der Waals surface area contributed by atoms with Gasteiger partial charge in [-0.05, 0) is 42.4 Å². The lowest BCUT2D eigenvalue weighted by Gasteiger charge is -2.31. The van der Waals surface area contributed by atoms with Crippen LogP contribution in [-0.2, 0) is 16.4 Å². The van der Waals surface area contributed by atoms with Crippen molar-refractivity contribution in [3.8, 4) is 0 Å². The van der Waals surface area contributed by atoms with Crippen molar-refractivity contribution in [1.82, 2.24) is 9.29 Å². The summed E-state index contributed by atoms with van der Waals surface area (Å²) in [5.74, 6) is 0.612. The summed E-state index contributed by atoms with van der Waals surface area (Å²) in [5.41, 5.74) is 3.55. The van der Waals surface area contributed by atoms with Gasteiger partial charge in [0.25, 0.3) is 0 Å². The van der Waals surface area contributed by atoms with Crippen LogP contribution in [0.2, 0.25) is 0 Å². The number of sulfonamides is 1. The molecule has 0 radical (unpaired) electrons.